The number of unbranched alkanes of at least 4 members (excludes halogenated alkanes) is 1. The smallest absolute Gasteiger partial charge is 0.316 e. The van der Waals surface area contributed by atoms with Crippen LogP contribution in [0.25, 0.3) is 0 Å². The summed E-state index contributed by atoms with van der Waals surface area (Å²) in [6.07, 6.45) is 3.06. The minimum atomic E-state index is -0.309. The summed E-state index contributed by atoms with van der Waals surface area (Å²) in [7, 11) is 0. The Kier molecular flexibility index (Phi) is 9.52. The summed E-state index contributed by atoms with van der Waals surface area (Å²) in [5.41, 5.74) is 1.83. The average molecular weight is 472 g/mol. The monoisotopic (exact) mass is 471 g/mol. The minimum absolute atomic E-state index is 0.157. The third-order valence-electron chi connectivity index (χ3n) is 4.33. The Labute approximate surface area is 195 Å². The number of nitrogens with one attached hydrogen (secondary N) is 1. The fourth-order valence-electron chi connectivity index (χ4n) is 2.78. The number of anilines is 1. The third-order valence-corrected chi connectivity index (χ3v) is 6.28. The first kappa shape index (κ1) is 23.7. The Balaban J connectivity index is 1.38. The predicted octanol–water partition coefficient (Wildman–Crippen LogP) is 4.85. The number of aromatic nitrogens is 2. The molecule has 0 bridgehead atoms. The number of amides is 1. The number of ether oxygens (including phenoxy) is 2. The van der Waals surface area contributed by atoms with E-state index in [2.05, 4.69) is 39.8 Å². The van der Waals surface area contributed by atoms with E-state index in [4.69, 9.17) is 9.47 Å². The molecule has 1 heterocycles. The summed E-state index contributed by atoms with van der Waals surface area (Å²) in [4.78, 5) is 23.8. The minimum Gasteiger partial charge on any atom is -0.494 e. The zero-order valence-electron chi connectivity index (χ0n) is 17.8. The van der Waals surface area contributed by atoms with Gasteiger partial charge in [0.25, 0.3) is 5.91 Å². The Morgan fingerprint density at radius 1 is 1.03 bits per heavy atom. The van der Waals surface area contributed by atoms with E-state index in [1.165, 1.54) is 28.7 Å². The van der Waals surface area contributed by atoms with Crippen molar-refractivity contribution < 1.29 is 19.1 Å². The first-order valence-corrected chi connectivity index (χ1v) is 12.1. The quantitative estimate of drug-likeness (QED) is 0.175. The first-order chi connectivity index (χ1) is 15.6. The average Bonchev–Trinajstić information content (AvgIpc) is 3.26. The fourth-order valence-corrected chi connectivity index (χ4v) is 4.32. The van der Waals surface area contributed by atoms with E-state index in [-0.39, 0.29) is 17.6 Å². The summed E-state index contributed by atoms with van der Waals surface area (Å²) in [5.74, 6) is 0.300. The maximum absolute atomic E-state index is 12.4. The standard InChI is InChI=1S/C23H25N3O4S2/c1-2-29-20(27)16-31-23-26-25-22(32-23)24-21(28)18-11-13-19(14-12-18)30-15-7-6-10-17-8-4-3-5-9-17/h3-5,8-9,11-14H,2,6-7,10,15-16H2,1H3,(H,24,25,28). The van der Waals surface area contributed by atoms with E-state index < -0.39 is 0 Å². The second kappa shape index (κ2) is 12.8. The second-order valence-corrected chi connectivity index (χ2v) is 8.94. The van der Waals surface area contributed by atoms with Gasteiger partial charge in [-0.25, -0.2) is 0 Å². The topological polar surface area (TPSA) is 90.4 Å². The van der Waals surface area contributed by atoms with Crippen molar-refractivity contribution in [2.75, 3.05) is 24.3 Å². The Morgan fingerprint density at radius 2 is 1.81 bits per heavy atom. The summed E-state index contributed by atoms with van der Waals surface area (Å²) in [6.45, 7) is 2.73. The fraction of sp³-hybridized carbons (Fsp3) is 0.304. The molecule has 0 fully saturated rings. The molecule has 2 aromatic carbocycles. The van der Waals surface area contributed by atoms with Crippen LogP contribution in [-0.4, -0.2) is 41.0 Å². The number of nitrogens with zero attached hydrogens (tertiary/aromatic N) is 2. The molecule has 0 unspecified atom stereocenters. The first-order valence-electron chi connectivity index (χ1n) is 10.3. The van der Waals surface area contributed by atoms with Crippen LogP contribution < -0.4 is 10.1 Å². The largest absolute Gasteiger partial charge is 0.494 e. The van der Waals surface area contributed by atoms with Crippen LogP contribution in [0, 0.1) is 0 Å². The van der Waals surface area contributed by atoms with Crippen LogP contribution in [0.15, 0.2) is 58.9 Å². The maximum Gasteiger partial charge on any atom is 0.316 e. The van der Waals surface area contributed by atoms with Crippen molar-refractivity contribution in [2.45, 2.75) is 30.5 Å². The number of carbonyl (C=O) groups is 2. The zero-order chi connectivity index (χ0) is 22.6. The highest BCUT2D eigenvalue weighted by Crippen LogP contribution is 2.26. The molecular formula is C23H25N3O4S2. The zero-order valence-corrected chi connectivity index (χ0v) is 19.4. The van der Waals surface area contributed by atoms with Gasteiger partial charge in [-0.1, -0.05) is 53.4 Å². The highest BCUT2D eigenvalue weighted by atomic mass is 32.2. The van der Waals surface area contributed by atoms with Crippen LogP contribution >= 0.6 is 23.1 Å². The lowest BCUT2D eigenvalue weighted by Crippen LogP contribution is -2.11. The lowest BCUT2D eigenvalue weighted by molar-refractivity contribution is -0.139. The maximum atomic E-state index is 12.4. The van der Waals surface area contributed by atoms with Crippen molar-refractivity contribution in [2.24, 2.45) is 0 Å². The number of benzene rings is 2. The molecule has 0 spiro atoms. The number of carbonyl (C=O) groups excluding carboxylic acids is 2. The molecule has 1 aromatic heterocycles. The van der Waals surface area contributed by atoms with Crippen molar-refractivity contribution in [3.05, 3.63) is 65.7 Å². The molecule has 7 nitrogen and oxygen atoms in total. The number of rotatable bonds is 12. The molecular weight excluding hydrogens is 446 g/mol. The summed E-state index contributed by atoms with van der Waals surface area (Å²) >= 11 is 2.44. The van der Waals surface area contributed by atoms with Crippen LogP contribution in [-0.2, 0) is 16.0 Å². The highest BCUT2D eigenvalue weighted by Gasteiger charge is 2.12. The molecule has 0 aliphatic rings. The van der Waals surface area contributed by atoms with Crippen LogP contribution in [0.4, 0.5) is 5.13 Å². The van der Waals surface area contributed by atoms with E-state index in [9.17, 15) is 9.59 Å². The molecule has 0 aliphatic carbocycles. The molecule has 3 rings (SSSR count). The van der Waals surface area contributed by atoms with Crippen LogP contribution in [0.3, 0.4) is 0 Å². The molecule has 0 saturated carbocycles. The number of hydrogen-bond acceptors (Lipinski definition) is 8. The van der Waals surface area contributed by atoms with E-state index in [1.54, 1.807) is 31.2 Å². The number of esters is 1. The van der Waals surface area contributed by atoms with Crippen LogP contribution in [0.2, 0.25) is 0 Å². The lowest BCUT2D eigenvalue weighted by atomic mass is 10.1. The molecule has 0 atom stereocenters. The van der Waals surface area contributed by atoms with Gasteiger partial charge in [-0.05, 0) is 56.0 Å². The van der Waals surface area contributed by atoms with Gasteiger partial charge >= 0.3 is 5.97 Å². The summed E-state index contributed by atoms with van der Waals surface area (Å²) < 4.78 is 11.2. The molecule has 9 heteroatoms. The van der Waals surface area contributed by atoms with E-state index in [0.29, 0.717) is 28.2 Å². The van der Waals surface area contributed by atoms with E-state index in [1.807, 2.05) is 6.07 Å². The van der Waals surface area contributed by atoms with Crippen LogP contribution in [0.1, 0.15) is 35.7 Å². The highest BCUT2D eigenvalue weighted by molar-refractivity contribution is 8.01. The van der Waals surface area contributed by atoms with Crippen molar-refractivity contribution in [3.8, 4) is 5.75 Å². The van der Waals surface area contributed by atoms with Gasteiger partial charge < -0.3 is 9.47 Å². The van der Waals surface area contributed by atoms with Crippen molar-refractivity contribution in [1.29, 1.82) is 0 Å². The van der Waals surface area contributed by atoms with Gasteiger partial charge in [0.1, 0.15) is 5.75 Å². The normalized spacial score (nSPS) is 10.5. The van der Waals surface area contributed by atoms with Gasteiger partial charge in [-0.2, -0.15) is 0 Å². The van der Waals surface area contributed by atoms with Crippen molar-refractivity contribution in [3.63, 3.8) is 0 Å². The van der Waals surface area contributed by atoms with Gasteiger partial charge in [0.05, 0.1) is 19.0 Å². The molecule has 168 valence electrons. The number of hydrogen-bond donors (Lipinski definition) is 1. The van der Waals surface area contributed by atoms with Crippen molar-refractivity contribution >= 4 is 40.1 Å². The molecule has 0 saturated heterocycles. The van der Waals surface area contributed by atoms with Gasteiger partial charge in [0.15, 0.2) is 4.34 Å². The molecule has 1 amide bonds. The Bertz CT molecular complexity index is 994. The predicted molar refractivity (Wildman–Crippen MR) is 127 cm³/mol. The lowest BCUT2D eigenvalue weighted by Gasteiger charge is -2.07. The molecule has 0 aliphatic heterocycles. The van der Waals surface area contributed by atoms with Gasteiger partial charge in [-0.15, -0.1) is 10.2 Å². The number of thioether (sulfide) groups is 1. The Hall–Kier alpha value is -2.91. The summed E-state index contributed by atoms with van der Waals surface area (Å²) in [6, 6.07) is 17.4. The van der Waals surface area contributed by atoms with E-state index >= 15 is 0 Å². The third kappa shape index (κ3) is 7.97. The SMILES string of the molecule is CCOC(=O)CSc1nnc(NC(=O)c2ccc(OCCCCc3ccccc3)cc2)s1. The second-order valence-electron chi connectivity index (χ2n) is 6.74. The van der Waals surface area contributed by atoms with E-state index in [0.717, 1.165) is 25.0 Å². The van der Waals surface area contributed by atoms with Crippen LogP contribution in [0.5, 0.6) is 5.75 Å². The molecule has 32 heavy (non-hydrogen) atoms. The summed E-state index contributed by atoms with van der Waals surface area (Å²) in [5, 5.41) is 11.0. The molecule has 3 aromatic rings. The molecule has 1 N–H and O–H groups in total. The Morgan fingerprint density at radius 3 is 2.56 bits per heavy atom. The number of aryl methyl sites for hydroxylation is 1. The molecule has 0 radical (unpaired) electrons. The van der Waals surface area contributed by atoms with Gasteiger partial charge in [0, 0.05) is 5.56 Å². The van der Waals surface area contributed by atoms with Crippen molar-refractivity contribution in [1.82, 2.24) is 10.2 Å². The van der Waals surface area contributed by atoms with Gasteiger partial charge in [-0.3, -0.25) is 14.9 Å². The van der Waals surface area contributed by atoms with Gasteiger partial charge in [0.2, 0.25) is 5.13 Å².